The number of aryl methyl sites for hydroxylation is 1. The van der Waals surface area contributed by atoms with Crippen LogP contribution in [0.4, 0.5) is 0 Å². The Kier molecular flexibility index (Phi) is 2.55. The Morgan fingerprint density at radius 2 is 2.10 bits per heavy atom. The predicted molar refractivity (Wildman–Crippen MR) is 36.4 cm³/mol. The van der Waals surface area contributed by atoms with Crippen molar-refractivity contribution in [1.29, 1.82) is 0 Å². The normalized spacial score (nSPS) is 9.20. The molecule has 0 bridgehead atoms. The molecule has 0 radical (unpaired) electrons. The third-order valence-electron chi connectivity index (χ3n) is 1.11. The van der Waals surface area contributed by atoms with E-state index in [0.29, 0.717) is 12.8 Å². The lowest BCUT2D eigenvalue weighted by Crippen LogP contribution is -1.92. The summed E-state index contributed by atoms with van der Waals surface area (Å²) in [5, 5.41) is 0. The van der Waals surface area contributed by atoms with E-state index < -0.39 is 0 Å². The van der Waals surface area contributed by atoms with E-state index in [9.17, 15) is 4.79 Å². The van der Waals surface area contributed by atoms with E-state index in [1.807, 2.05) is 0 Å². The van der Waals surface area contributed by atoms with Crippen LogP contribution in [-0.4, -0.2) is 16.3 Å². The van der Waals surface area contributed by atoms with Crippen molar-refractivity contribution in [1.82, 2.24) is 9.97 Å². The zero-order valence-electron chi connectivity index (χ0n) is 5.53. The summed E-state index contributed by atoms with van der Waals surface area (Å²) >= 11 is 0. The first kappa shape index (κ1) is 6.86. The first-order valence-corrected chi connectivity index (χ1v) is 3.13. The number of rotatable bonds is 3. The summed E-state index contributed by atoms with van der Waals surface area (Å²) in [6, 6.07) is 1.75. The van der Waals surface area contributed by atoms with Crippen molar-refractivity contribution in [3.05, 3.63) is 24.3 Å². The molecule has 0 aliphatic carbocycles. The summed E-state index contributed by atoms with van der Waals surface area (Å²) in [4.78, 5) is 17.8. The lowest BCUT2D eigenvalue weighted by Gasteiger charge is -1.91. The number of nitrogens with zero attached hydrogens (tertiary/aromatic N) is 2. The van der Waals surface area contributed by atoms with Crippen LogP contribution in [0.2, 0.25) is 0 Å². The molecule has 1 aromatic rings. The summed E-state index contributed by atoms with van der Waals surface area (Å²) in [5.74, 6) is 0.731. The first-order chi connectivity index (χ1) is 4.93. The lowest BCUT2D eigenvalue weighted by molar-refractivity contribution is -0.107. The van der Waals surface area contributed by atoms with Crippen LogP contribution in [0.1, 0.15) is 12.2 Å². The molecule has 0 spiro atoms. The van der Waals surface area contributed by atoms with Crippen LogP contribution in [0.5, 0.6) is 0 Å². The average Bonchev–Trinajstić information content (AvgIpc) is 2.03. The summed E-state index contributed by atoms with van der Waals surface area (Å²) in [5.41, 5.74) is 0. The molecule has 1 aromatic heterocycles. The van der Waals surface area contributed by atoms with Crippen molar-refractivity contribution >= 4 is 6.29 Å². The fourth-order valence-corrected chi connectivity index (χ4v) is 0.647. The highest BCUT2D eigenvalue weighted by Gasteiger charge is 1.90. The summed E-state index contributed by atoms with van der Waals surface area (Å²) in [6.07, 6.45) is 5.37. The topological polar surface area (TPSA) is 42.9 Å². The molecule has 0 saturated carbocycles. The Morgan fingerprint density at radius 1 is 1.40 bits per heavy atom. The lowest BCUT2D eigenvalue weighted by atomic mass is 10.3. The highest BCUT2D eigenvalue weighted by molar-refractivity contribution is 5.49. The van der Waals surface area contributed by atoms with Gasteiger partial charge in [0.05, 0.1) is 0 Å². The maximum absolute atomic E-state index is 9.92. The van der Waals surface area contributed by atoms with Crippen molar-refractivity contribution in [3.8, 4) is 0 Å². The van der Waals surface area contributed by atoms with Gasteiger partial charge in [0, 0.05) is 25.2 Å². The molecule has 10 heavy (non-hydrogen) atoms. The molecule has 0 atom stereocenters. The van der Waals surface area contributed by atoms with Crippen LogP contribution < -0.4 is 0 Å². The van der Waals surface area contributed by atoms with Gasteiger partial charge in [-0.3, -0.25) is 0 Å². The standard InChI is InChI=1S/C7H8N2O/c10-6-1-3-7-8-4-2-5-9-7/h2,4-6H,1,3H2. The van der Waals surface area contributed by atoms with E-state index in [0.717, 1.165) is 12.1 Å². The fraction of sp³-hybridized carbons (Fsp3) is 0.286. The van der Waals surface area contributed by atoms with E-state index in [2.05, 4.69) is 9.97 Å². The minimum Gasteiger partial charge on any atom is -0.303 e. The molecule has 0 fully saturated rings. The highest BCUT2D eigenvalue weighted by atomic mass is 16.1. The Hall–Kier alpha value is -1.25. The maximum Gasteiger partial charge on any atom is 0.128 e. The molecule has 1 rings (SSSR count). The van der Waals surface area contributed by atoms with Crippen LogP contribution >= 0.6 is 0 Å². The second kappa shape index (κ2) is 3.71. The number of carbonyl (C=O) groups is 1. The van der Waals surface area contributed by atoms with Gasteiger partial charge in [-0.25, -0.2) is 9.97 Å². The Bertz CT molecular complexity index is 198. The van der Waals surface area contributed by atoms with Gasteiger partial charge < -0.3 is 4.79 Å². The third-order valence-corrected chi connectivity index (χ3v) is 1.11. The molecule has 52 valence electrons. The number of hydrogen-bond donors (Lipinski definition) is 0. The van der Waals surface area contributed by atoms with Gasteiger partial charge in [0.1, 0.15) is 12.1 Å². The molecular formula is C7H8N2O. The van der Waals surface area contributed by atoms with Crippen LogP contribution in [0.15, 0.2) is 18.5 Å². The van der Waals surface area contributed by atoms with Crippen LogP contribution in [-0.2, 0) is 11.2 Å². The molecule has 0 aliphatic heterocycles. The third kappa shape index (κ3) is 1.93. The van der Waals surface area contributed by atoms with Crippen molar-refractivity contribution in [2.75, 3.05) is 0 Å². The molecule has 0 aromatic carbocycles. The van der Waals surface area contributed by atoms with E-state index in [-0.39, 0.29) is 0 Å². The zero-order valence-corrected chi connectivity index (χ0v) is 5.53. The molecule has 0 amide bonds. The van der Waals surface area contributed by atoms with Crippen molar-refractivity contribution in [2.24, 2.45) is 0 Å². The largest absolute Gasteiger partial charge is 0.303 e. The van der Waals surface area contributed by atoms with Gasteiger partial charge in [-0.05, 0) is 6.07 Å². The number of aromatic nitrogens is 2. The SMILES string of the molecule is O=CCCc1ncccn1. The Balaban J connectivity index is 2.50. The quantitative estimate of drug-likeness (QED) is 0.572. The van der Waals surface area contributed by atoms with Gasteiger partial charge in [0.15, 0.2) is 0 Å². The fourth-order valence-electron chi connectivity index (χ4n) is 0.647. The van der Waals surface area contributed by atoms with Gasteiger partial charge in [-0.1, -0.05) is 0 Å². The molecule has 0 aliphatic rings. The second-order valence-corrected chi connectivity index (χ2v) is 1.87. The Labute approximate surface area is 59.1 Å². The van der Waals surface area contributed by atoms with E-state index in [1.165, 1.54) is 0 Å². The van der Waals surface area contributed by atoms with E-state index in [4.69, 9.17) is 0 Å². The highest BCUT2D eigenvalue weighted by Crippen LogP contribution is 1.90. The number of carbonyl (C=O) groups excluding carboxylic acids is 1. The van der Waals surface area contributed by atoms with Gasteiger partial charge >= 0.3 is 0 Å². The van der Waals surface area contributed by atoms with Gasteiger partial charge in [-0.15, -0.1) is 0 Å². The molecule has 3 heteroatoms. The smallest absolute Gasteiger partial charge is 0.128 e. The van der Waals surface area contributed by atoms with Gasteiger partial charge in [0.25, 0.3) is 0 Å². The molecule has 1 heterocycles. The molecule has 0 saturated heterocycles. The van der Waals surface area contributed by atoms with Crippen LogP contribution in [0.25, 0.3) is 0 Å². The average molecular weight is 136 g/mol. The summed E-state index contributed by atoms with van der Waals surface area (Å²) < 4.78 is 0. The maximum atomic E-state index is 9.92. The number of aldehydes is 1. The van der Waals surface area contributed by atoms with E-state index >= 15 is 0 Å². The van der Waals surface area contributed by atoms with Crippen LogP contribution in [0.3, 0.4) is 0 Å². The molecular weight excluding hydrogens is 128 g/mol. The number of hydrogen-bond acceptors (Lipinski definition) is 3. The monoisotopic (exact) mass is 136 g/mol. The minimum atomic E-state index is 0.504. The van der Waals surface area contributed by atoms with Crippen molar-refractivity contribution < 1.29 is 4.79 Å². The molecule has 0 N–H and O–H groups in total. The summed E-state index contributed by atoms with van der Waals surface area (Å²) in [7, 11) is 0. The van der Waals surface area contributed by atoms with Crippen molar-refractivity contribution in [3.63, 3.8) is 0 Å². The van der Waals surface area contributed by atoms with E-state index in [1.54, 1.807) is 18.5 Å². The molecule has 0 unspecified atom stereocenters. The first-order valence-electron chi connectivity index (χ1n) is 3.13. The molecule has 3 nitrogen and oxygen atoms in total. The zero-order chi connectivity index (χ0) is 7.23. The predicted octanol–water partition coefficient (Wildman–Crippen LogP) is 0.608. The van der Waals surface area contributed by atoms with Crippen LogP contribution in [0, 0.1) is 0 Å². The minimum absolute atomic E-state index is 0.504. The Morgan fingerprint density at radius 3 is 2.70 bits per heavy atom. The van der Waals surface area contributed by atoms with Gasteiger partial charge in [0.2, 0.25) is 0 Å². The van der Waals surface area contributed by atoms with Crippen molar-refractivity contribution in [2.45, 2.75) is 12.8 Å². The summed E-state index contributed by atoms with van der Waals surface area (Å²) in [6.45, 7) is 0. The van der Waals surface area contributed by atoms with Gasteiger partial charge in [-0.2, -0.15) is 0 Å². The second-order valence-electron chi connectivity index (χ2n) is 1.87.